The fraction of sp³-hybridized carbons (Fsp3) is 0.241. The van der Waals surface area contributed by atoms with E-state index in [9.17, 15) is 14.7 Å². The van der Waals surface area contributed by atoms with E-state index in [1.165, 1.54) is 19.1 Å². The summed E-state index contributed by atoms with van der Waals surface area (Å²) in [5, 5.41) is 11.5. The molecule has 37 heavy (non-hydrogen) atoms. The zero-order valence-corrected chi connectivity index (χ0v) is 21.0. The van der Waals surface area contributed by atoms with Crippen LogP contribution in [0.1, 0.15) is 42.5 Å². The van der Waals surface area contributed by atoms with Gasteiger partial charge in [-0.05, 0) is 41.3 Å². The first kappa shape index (κ1) is 24.2. The molecular weight excluding hydrogens is 474 g/mol. The third-order valence-corrected chi connectivity index (χ3v) is 6.66. The van der Waals surface area contributed by atoms with Gasteiger partial charge in [0.05, 0.1) is 31.4 Å². The van der Waals surface area contributed by atoms with Gasteiger partial charge in [0.1, 0.15) is 17.3 Å². The summed E-state index contributed by atoms with van der Waals surface area (Å²) >= 11 is 0. The predicted octanol–water partition coefficient (Wildman–Crippen LogP) is 5.18. The van der Waals surface area contributed by atoms with E-state index in [1.54, 1.807) is 36.4 Å². The van der Waals surface area contributed by atoms with Gasteiger partial charge >= 0.3 is 0 Å². The smallest absolute Gasteiger partial charge is 0.300 e. The Balaban J connectivity index is 1.71. The molecule has 1 fully saturated rings. The van der Waals surface area contributed by atoms with Gasteiger partial charge in [0.15, 0.2) is 11.5 Å². The standard InChI is InChI=1S/C29H27NO7/c1-16(2)17-5-7-18(8-6-17)26-25(27(31)21-11-10-20(34-3)14-23(21)35-4)28(32)29(33)30(26)19-9-12-22-24(13-19)37-15-36-22/h5-14,16,26,31H,15H2,1-4H3/b27-25+. The maximum Gasteiger partial charge on any atom is 0.300 e. The summed E-state index contributed by atoms with van der Waals surface area (Å²) in [6, 6.07) is 16.7. The Labute approximate surface area is 214 Å². The number of nitrogens with zero attached hydrogens (tertiary/aromatic N) is 1. The highest BCUT2D eigenvalue weighted by molar-refractivity contribution is 6.51. The summed E-state index contributed by atoms with van der Waals surface area (Å²) < 4.78 is 21.6. The average Bonchev–Trinajstić information content (AvgIpc) is 3.49. The summed E-state index contributed by atoms with van der Waals surface area (Å²) in [6.07, 6.45) is 0. The van der Waals surface area contributed by atoms with Crippen LogP contribution in [0.25, 0.3) is 5.76 Å². The van der Waals surface area contributed by atoms with Crippen molar-refractivity contribution in [2.24, 2.45) is 0 Å². The van der Waals surface area contributed by atoms with Crippen molar-refractivity contribution < 1.29 is 33.6 Å². The number of methoxy groups -OCH3 is 2. The second-order valence-corrected chi connectivity index (χ2v) is 9.09. The van der Waals surface area contributed by atoms with Crippen LogP contribution in [0.15, 0.2) is 66.2 Å². The molecule has 1 saturated heterocycles. The van der Waals surface area contributed by atoms with Crippen LogP contribution in [0.4, 0.5) is 5.69 Å². The lowest BCUT2D eigenvalue weighted by Crippen LogP contribution is -2.29. The van der Waals surface area contributed by atoms with Crippen LogP contribution in [-0.2, 0) is 9.59 Å². The maximum absolute atomic E-state index is 13.5. The summed E-state index contributed by atoms with van der Waals surface area (Å²) in [6.45, 7) is 4.25. The van der Waals surface area contributed by atoms with Crippen molar-refractivity contribution in [2.45, 2.75) is 25.8 Å². The molecule has 2 aliphatic heterocycles. The number of rotatable bonds is 6. The number of anilines is 1. The van der Waals surface area contributed by atoms with Gasteiger partial charge in [0, 0.05) is 17.8 Å². The zero-order valence-electron chi connectivity index (χ0n) is 21.0. The van der Waals surface area contributed by atoms with Gasteiger partial charge in [-0.3, -0.25) is 14.5 Å². The van der Waals surface area contributed by atoms with Gasteiger partial charge in [-0.15, -0.1) is 0 Å². The van der Waals surface area contributed by atoms with Crippen LogP contribution >= 0.6 is 0 Å². The van der Waals surface area contributed by atoms with Crippen LogP contribution < -0.4 is 23.8 Å². The average molecular weight is 502 g/mol. The largest absolute Gasteiger partial charge is 0.507 e. The molecule has 1 N–H and O–H groups in total. The topological polar surface area (TPSA) is 94.5 Å². The third kappa shape index (κ3) is 4.14. The van der Waals surface area contributed by atoms with Gasteiger partial charge in [0.25, 0.3) is 11.7 Å². The molecule has 1 atom stereocenters. The number of aliphatic hydroxyl groups is 1. The number of hydrogen-bond donors (Lipinski definition) is 1. The van der Waals surface area contributed by atoms with Crippen molar-refractivity contribution in [3.8, 4) is 23.0 Å². The van der Waals surface area contributed by atoms with Crippen molar-refractivity contribution in [3.05, 3.63) is 82.9 Å². The molecule has 1 unspecified atom stereocenters. The molecule has 0 radical (unpaired) electrons. The minimum atomic E-state index is -0.881. The van der Waals surface area contributed by atoms with E-state index < -0.39 is 17.7 Å². The van der Waals surface area contributed by atoms with Gasteiger partial charge in [-0.2, -0.15) is 0 Å². The molecular formula is C29H27NO7. The maximum atomic E-state index is 13.5. The normalized spacial score (nSPS) is 18.0. The van der Waals surface area contributed by atoms with Crippen molar-refractivity contribution >= 4 is 23.1 Å². The Hall–Kier alpha value is -4.46. The van der Waals surface area contributed by atoms with Gasteiger partial charge in [-0.1, -0.05) is 38.1 Å². The van der Waals surface area contributed by atoms with E-state index >= 15 is 0 Å². The Kier molecular flexibility index (Phi) is 6.25. The SMILES string of the molecule is COc1ccc(/C(O)=C2\C(=O)C(=O)N(c3ccc4c(c3)OCO4)C2c2ccc(C(C)C)cc2)c(OC)c1. The van der Waals surface area contributed by atoms with Gasteiger partial charge in [-0.25, -0.2) is 0 Å². The van der Waals surface area contributed by atoms with E-state index in [-0.39, 0.29) is 23.7 Å². The van der Waals surface area contributed by atoms with E-state index in [4.69, 9.17) is 18.9 Å². The van der Waals surface area contributed by atoms with Crippen molar-refractivity contribution in [1.29, 1.82) is 0 Å². The van der Waals surface area contributed by atoms with Crippen molar-refractivity contribution in [3.63, 3.8) is 0 Å². The number of Topliss-reactive ketones (excluding diaryl/α,β-unsaturated/α-hetero) is 1. The van der Waals surface area contributed by atoms with Crippen molar-refractivity contribution in [1.82, 2.24) is 0 Å². The molecule has 0 aromatic heterocycles. The number of hydrogen-bond acceptors (Lipinski definition) is 7. The first-order valence-electron chi connectivity index (χ1n) is 11.9. The van der Waals surface area contributed by atoms with E-state index in [1.807, 2.05) is 24.3 Å². The molecule has 2 heterocycles. The molecule has 5 rings (SSSR count). The molecule has 0 saturated carbocycles. The van der Waals surface area contributed by atoms with Crippen molar-refractivity contribution in [2.75, 3.05) is 25.9 Å². The molecule has 8 nitrogen and oxygen atoms in total. The molecule has 3 aromatic carbocycles. The third-order valence-electron chi connectivity index (χ3n) is 6.66. The first-order valence-corrected chi connectivity index (χ1v) is 11.9. The fourth-order valence-corrected chi connectivity index (χ4v) is 4.65. The van der Waals surface area contributed by atoms with Crippen LogP contribution in [0.5, 0.6) is 23.0 Å². The molecule has 2 aliphatic rings. The number of fused-ring (bicyclic) bond motifs is 1. The predicted molar refractivity (Wildman–Crippen MR) is 137 cm³/mol. The summed E-state index contributed by atoms with van der Waals surface area (Å²) in [7, 11) is 2.98. The minimum Gasteiger partial charge on any atom is -0.507 e. The number of benzene rings is 3. The quantitative estimate of drug-likeness (QED) is 0.282. The molecule has 0 aliphatic carbocycles. The summed E-state index contributed by atoms with van der Waals surface area (Å²) in [5.74, 6) is 0.273. The molecule has 1 amide bonds. The van der Waals surface area contributed by atoms with Gasteiger partial charge in [0.2, 0.25) is 6.79 Å². The Morgan fingerprint density at radius 2 is 1.68 bits per heavy atom. The lowest BCUT2D eigenvalue weighted by Gasteiger charge is -2.26. The number of ketones is 1. The number of carbonyl (C=O) groups excluding carboxylic acids is 2. The summed E-state index contributed by atoms with van der Waals surface area (Å²) in [4.78, 5) is 28.3. The lowest BCUT2D eigenvalue weighted by atomic mass is 9.93. The fourth-order valence-electron chi connectivity index (χ4n) is 4.65. The van der Waals surface area contributed by atoms with E-state index in [2.05, 4.69) is 13.8 Å². The number of aliphatic hydroxyl groups excluding tert-OH is 1. The zero-order chi connectivity index (χ0) is 26.3. The van der Waals surface area contributed by atoms with Gasteiger partial charge < -0.3 is 24.1 Å². The summed E-state index contributed by atoms with van der Waals surface area (Å²) in [5.41, 5.74) is 2.47. The van der Waals surface area contributed by atoms with E-state index in [0.29, 0.717) is 40.2 Å². The Morgan fingerprint density at radius 1 is 0.946 bits per heavy atom. The number of carbonyl (C=O) groups is 2. The van der Waals surface area contributed by atoms with E-state index in [0.717, 1.165) is 5.56 Å². The highest BCUT2D eigenvalue weighted by Gasteiger charge is 2.47. The Bertz CT molecular complexity index is 1410. The highest BCUT2D eigenvalue weighted by atomic mass is 16.7. The van der Waals surface area contributed by atoms with Crippen LogP contribution in [0, 0.1) is 0 Å². The number of ether oxygens (including phenoxy) is 4. The Morgan fingerprint density at radius 3 is 2.35 bits per heavy atom. The second kappa shape index (κ2) is 9.54. The van der Waals surface area contributed by atoms with Crippen LogP contribution in [-0.4, -0.2) is 37.8 Å². The molecule has 190 valence electrons. The van der Waals surface area contributed by atoms with Crippen LogP contribution in [0.3, 0.4) is 0 Å². The molecule has 0 spiro atoms. The van der Waals surface area contributed by atoms with Crippen LogP contribution in [0.2, 0.25) is 0 Å². The number of amides is 1. The first-order chi connectivity index (χ1) is 17.8. The molecule has 8 heteroatoms. The monoisotopic (exact) mass is 501 g/mol. The molecule has 0 bridgehead atoms. The second-order valence-electron chi connectivity index (χ2n) is 9.09. The molecule has 3 aromatic rings. The highest BCUT2D eigenvalue weighted by Crippen LogP contribution is 2.46. The minimum absolute atomic E-state index is 0.0385. The lowest BCUT2D eigenvalue weighted by molar-refractivity contribution is -0.132.